The van der Waals surface area contributed by atoms with Crippen LogP contribution in [0.4, 0.5) is 0 Å². The van der Waals surface area contributed by atoms with Crippen molar-refractivity contribution in [1.82, 2.24) is 15.5 Å². The smallest absolute Gasteiger partial charge is 0.230 e. The van der Waals surface area contributed by atoms with E-state index >= 15 is 0 Å². The fourth-order valence-electron chi connectivity index (χ4n) is 2.95. The van der Waals surface area contributed by atoms with Crippen LogP contribution in [-0.2, 0) is 4.79 Å². The Labute approximate surface area is 158 Å². The van der Waals surface area contributed by atoms with Crippen LogP contribution < -0.4 is 5.32 Å². The van der Waals surface area contributed by atoms with Gasteiger partial charge in [0.25, 0.3) is 0 Å². The van der Waals surface area contributed by atoms with E-state index in [1.54, 1.807) is 0 Å². The number of carbonyl (C=O) groups excluding carboxylic acids is 1. The van der Waals surface area contributed by atoms with Crippen molar-refractivity contribution in [1.29, 1.82) is 0 Å². The number of thioether (sulfide) groups is 1. The van der Waals surface area contributed by atoms with E-state index in [4.69, 9.17) is 0 Å². The Hall–Kier alpha value is -2.40. The lowest BCUT2D eigenvalue weighted by molar-refractivity contribution is -0.119. The van der Waals surface area contributed by atoms with Gasteiger partial charge in [-0.3, -0.25) is 4.79 Å². The van der Waals surface area contributed by atoms with E-state index in [9.17, 15) is 4.79 Å². The van der Waals surface area contributed by atoms with Gasteiger partial charge >= 0.3 is 0 Å². The third-order valence-corrected chi connectivity index (χ3v) is 5.15. The zero-order chi connectivity index (χ0) is 18.4. The highest BCUT2D eigenvalue weighted by Gasteiger charge is 2.13. The molecule has 1 N–H and O–H groups in total. The number of hydrogen-bond acceptors (Lipinski definition) is 4. The standard InChI is InChI=1S/C21H23N3OS/c1-3-9-15(2)22-19(25)14-26-21-18-13-8-7-12-17(18)20(23-24-21)16-10-5-4-6-11-16/h4-8,10-13,15H,3,9,14H2,1-2H3,(H,22,25)/t15-/m1/s1. The first-order valence-corrected chi connectivity index (χ1v) is 9.90. The van der Waals surface area contributed by atoms with E-state index in [2.05, 4.69) is 28.5 Å². The van der Waals surface area contributed by atoms with Crippen molar-refractivity contribution in [2.45, 2.75) is 37.8 Å². The van der Waals surface area contributed by atoms with Crippen molar-refractivity contribution >= 4 is 28.4 Å². The molecule has 0 saturated carbocycles. The molecule has 0 aliphatic rings. The Kier molecular flexibility index (Phi) is 6.23. The fourth-order valence-corrected chi connectivity index (χ4v) is 3.73. The summed E-state index contributed by atoms with van der Waals surface area (Å²) in [5.41, 5.74) is 1.91. The SMILES string of the molecule is CCC[C@@H](C)NC(=O)CSc1nnc(-c2ccccc2)c2ccccc12. The highest BCUT2D eigenvalue weighted by Crippen LogP contribution is 2.31. The molecule has 2 aromatic carbocycles. The summed E-state index contributed by atoms with van der Waals surface area (Å²) in [5.74, 6) is 0.381. The molecule has 0 fully saturated rings. The molecule has 134 valence electrons. The molecule has 4 nitrogen and oxygen atoms in total. The van der Waals surface area contributed by atoms with Gasteiger partial charge in [0, 0.05) is 22.4 Å². The molecule has 5 heteroatoms. The number of benzene rings is 2. The minimum absolute atomic E-state index is 0.0361. The molecule has 0 aliphatic carbocycles. The molecule has 3 aromatic rings. The summed E-state index contributed by atoms with van der Waals surface area (Å²) in [4.78, 5) is 12.1. The molecule has 26 heavy (non-hydrogen) atoms. The largest absolute Gasteiger partial charge is 0.353 e. The number of carbonyl (C=O) groups is 1. The average Bonchev–Trinajstić information content (AvgIpc) is 2.67. The summed E-state index contributed by atoms with van der Waals surface area (Å²) in [7, 11) is 0. The molecule has 1 heterocycles. The van der Waals surface area contributed by atoms with E-state index in [-0.39, 0.29) is 11.9 Å². The molecule has 1 atom stereocenters. The Morgan fingerprint density at radius 3 is 2.46 bits per heavy atom. The lowest BCUT2D eigenvalue weighted by Gasteiger charge is -2.13. The van der Waals surface area contributed by atoms with Crippen molar-refractivity contribution in [2.24, 2.45) is 0 Å². The third-order valence-electron chi connectivity index (χ3n) is 4.17. The van der Waals surface area contributed by atoms with E-state index in [0.29, 0.717) is 5.75 Å². The minimum Gasteiger partial charge on any atom is -0.353 e. The van der Waals surface area contributed by atoms with E-state index < -0.39 is 0 Å². The van der Waals surface area contributed by atoms with Crippen LogP contribution in [0, 0.1) is 0 Å². The second-order valence-electron chi connectivity index (χ2n) is 6.31. The Morgan fingerprint density at radius 1 is 1.04 bits per heavy atom. The van der Waals surface area contributed by atoms with Crippen LogP contribution >= 0.6 is 11.8 Å². The van der Waals surface area contributed by atoms with Gasteiger partial charge in [0.05, 0.1) is 5.75 Å². The maximum atomic E-state index is 12.1. The fraction of sp³-hybridized carbons (Fsp3) is 0.286. The van der Waals surface area contributed by atoms with Gasteiger partial charge in [0.15, 0.2) is 0 Å². The van der Waals surface area contributed by atoms with Gasteiger partial charge in [-0.2, -0.15) is 0 Å². The molecule has 0 aliphatic heterocycles. The molecule has 0 saturated heterocycles. The van der Waals surface area contributed by atoms with Crippen molar-refractivity contribution in [3.8, 4) is 11.3 Å². The van der Waals surface area contributed by atoms with Crippen molar-refractivity contribution in [2.75, 3.05) is 5.75 Å². The maximum Gasteiger partial charge on any atom is 0.230 e. The first-order valence-electron chi connectivity index (χ1n) is 8.92. The van der Waals surface area contributed by atoms with Crippen LogP contribution in [0.5, 0.6) is 0 Å². The minimum atomic E-state index is 0.0361. The highest BCUT2D eigenvalue weighted by molar-refractivity contribution is 8.00. The summed E-state index contributed by atoms with van der Waals surface area (Å²) in [6, 6.07) is 18.3. The van der Waals surface area contributed by atoms with Gasteiger partial charge in [0.1, 0.15) is 10.7 Å². The van der Waals surface area contributed by atoms with Crippen LogP contribution in [0.3, 0.4) is 0 Å². The molecule has 1 amide bonds. The quantitative estimate of drug-likeness (QED) is 0.617. The van der Waals surface area contributed by atoms with Crippen molar-refractivity contribution in [3.05, 3.63) is 54.6 Å². The van der Waals surface area contributed by atoms with Crippen molar-refractivity contribution < 1.29 is 4.79 Å². The van der Waals surface area contributed by atoms with Crippen LogP contribution in [0.1, 0.15) is 26.7 Å². The van der Waals surface area contributed by atoms with Gasteiger partial charge in [0.2, 0.25) is 5.91 Å². The topological polar surface area (TPSA) is 54.9 Å². The average molecular weight is 366 g/mol. The van der Waals surface area contributed by atoms with Crippen molar-refractivity contribution in [3.63, 3.8) is 0 Å². The summed E-state index contributed by atoms with van der Waals surface area (Å²) in [6.07, 6.45) is 2.05. The lowest BCUT2D eigenvalue weighted by Crippen LogP contribution is -2.33. The van der Waals surface area contributed by atoms with Gasteiger partial charge in [-0.05, 0) is 13.3 Å². The van der Waals surface area contributed by atoms with Crippen LogP contribution in [0.2, 0.25) is 0 Å². The normalized spacial score (nSPS) is 12.1. The molecule has 0 spiro atoms. The van der Waals surface area contributed by atoms with Crippen LogP contribution in [0.15, 0.2) is 59.6 Å². The molecule has 0 unspecified atom stereocenters. The molecular weight excluding hydrogens is 342 g/mol. The number of hydrogen-bond donors (Lipinski definition) is 1. The van der Waals surface area contributed by atoms with E-state index in [1.165, 1.54) is 11.8 Å². The monoisotopic (exact) mass is 365 g/mol. The summed E-state index contributed by atoms with van der Waals surface area (Å²) in [6.45, 7) is 4.16. The summed E-state index contributed by atoms with van der Waals surface area (Å²) >= 11 is 1.44. The Bertz CT molecular complexity index is 883. The Balaban J connectivity index is 1.81. The van der Waals surface area contributed by atoms with Gasteiger partial charge < -0.3 is 5.32 Å². The van der Waals surface area contributed by atoms with E-state index in [1.807, 2.05) is 55.5 Å². The summed E-state index contributed by atoms with van der Waals surface area (Å²) in [5, 5.41) is 14.7. The number of nitrogens with zero attached hydrogens (tertiary/aromatic N) is 2. The number of nitrogens with one attached hydrogen (secondary N) is 1. The molecule has 3 rings (SSSR count). The van der Waals surface area contributed by atoms with Gasteiger partial charge in [-0.25, -0.2) is 0 Å². The molecule has 0 radical (unpaired) electrons. The molecule has 1 aromatic heterocycles. The number of amides is 1. The second kappa shape index (κ2) is 8.81. The highest BCUT2D eigenvalue weighted by atomic mass is 32.2. The maximum absolute atomic E-state index is 12.1. The van der Waals surface area contributed by atoms with Gasteiger partial charge in [-0.1, -0.05) is 79.7 Å². The van der Waals surface area contributed by atoms with Crippen LogP contribution in [-0.4, -0.2) is 27.9 Å². The lowest BCUT2D eigenvalue weighted by atomic mass is 10.1. The molecule has 0 bridgehead atoms. The predicted octanol–water partition coefficient (Wildman–Crippen LogP) is 4.69. The number of aromatic nitrogens is 2. The zero-order valence-corrected chi connectivity index (χ0v) is 15.9. The molecular formula is C21H23N3OS. The zero-order valence-electron chi connectivity index (χ0n) is 15.1. The second-order valence-corrected chi connectivity index (χ2v) is 7.28. The number of fused-ring (bicyclic) bond motifs is 1. The Morgan fingerprint density at radius 2 is 1.73 bits per heavy atom. The van der Waals surface area contributed by atoms with Crippen LogP contribution in [0.25, 0.3) is 22.0 Å². The first kappa shape index (κ1) is 18.4. The van der Waals surface area contributed by atoms with Gasteiger partial charge in [-0.15, -0.1) is 10.2 Å². The third kappa shape index (κ3) is 4.41. The predicted molar refractivity (Wildman–Crippen MR) is 108 cm³/mol. The summed E-state index contributed by atoms with van der Waals surface area (Å²) < 4.78 is 0. The van der Waals surface area contributed by atoms with E-state index in [0.717, 1.165) is 39.9 Å². The first-order chi connectivity index (χ1) is 12.7. The number of rotatable bonds is 7.